The van der Waals surface area contributed by atoms with Crippen LogP contribution in [0.15, 0.2) is 34.9 Å². The van der Waals surface area contributed by atoms with Gasteiger partial charge in [-0.25, -0.2) is 14.4 Å². The van der Waals surface area contributed by atoms with Gasteiger partial charge in [0.15, 0.2) is 0 Å². The summed E-state index contributed by atoms with van der Waals surface area (Å²) in [7, 11) is 0. The van der Waals surface area contributed by atoms with E-state index in [9.17, 15) is 4.39 Å². The summed E-state index contributed by atoms with van der Waals surface area (Å²) in [5.41, 5.74) is 0.994. The third kappa shape index (κ3) is 3.10. The van der Waals surface area contributed by atoms with E-state index in [-0.39, 0.29) is 5.82 Å². The minimum Gasteiger partial charge on any atom is -0.366 e. The van der Waals surface area contributed by atoms with E-state index in [1.54, 1.807) is 12.3 Å². The largest absolute Gasteiger partial charge is 0.366 e. The summed E-state index contributed by atoms with van der Waals surface area (Å²) in [6.45, 7) is 0.599. The van der Waals surface area contributed by atoms with Crippen LogP contribution in [0.3, 0.4) is 0 Å². The van der Waals surface area contributed by atoms with Crippen molar-refractivity contribution in [3.63, 3.8) is 0 Å². The van der Waals surface area contributed by atoms with Crippen LogP contribution < -0.4 is 5.32 Å². The molecule has 1 heterocycles. The van der Waals surface area contributed by atoms with E-state index < -0.39 is 0 Å². The SMILES string of the molecule is Fc1ccc(CNc2ccnc(C3CC3)n2)c(Br)c1. The van der Waals surface area contributed by atoms with Crippen molar-refractivity contribution in [2.24, 2.45) is 0 Å². The molecule has 1 aromatic heterocycles. The third-order valence-corrected chi connectivity index (χ3v) is 3.83. The molecule has 0 saturated heterocycles. The predicted molar refractivity (Wildman–Crippen MR) is 75.4 cm³/mol. The monoisotopic (exact) mass is 321 g/mol. The molecule has 0 aliphatic heterocycles. The molecule has 0 amide bonds. The van der Waals surface area contributed by atoms with Gasteiger partial charge in [0.1, 0.15) is 17.5 Å². The molecule has 5 heteroatoms. The fraction of sp³-hybridized carbons (Fsp3) is 0.286. The Kier molecular flexibility index (Phi) is 3.46. The van der Waals surface area contributed by atoms with Gasteiger partial charge in [-0.2, -0.15) is 0 Å². The second kappa shape index (κ2) is 5.25. The molecule has 0 atom stereocenters. The highest BCUT2D eigenvalue weighted by Crippen LogP contribution is 2.38. The van der Waals surface area contributed by atoms with Crippen LogP contribution in [0.4, 0.5) is 10.2 Å². The Balaban J connectivity index is 1.69. The molecule has 1 fully saturated rings. The number of hydrogen-bond donors (Lipinski definition) is 1. The van der Waals surface area contributed by atoms with Crippen molar-refractivity contribution >= 4 is 21.7 Å². The molecular formula is C14H13BrFN3. The topological polar surface area (TPSA) is 37.8 Å². The maximum Gasteiger partial charge on any atom is 0.133 e. The van der Waals surface area contributed by atoms with Gasteiger partial charge in [0.05, 0.1) is 0 Å². The highest BCUT2D eigenvalue weighted by Gasteiger charge is 2.26. The van der Waals surface area contributed by atoms with Crippen molar-refractivity contribution in [2.75, 3.05) is 5.32 Å². The van der Waals surface area contributed by atoms with Gasteiger partial charge < -0.3 is 5.32 Å². The van der Waals surface area contributed by atoms with Gasteiger partial charge in [0.2, 0.25) is 0 Å². The first kappa shape index (κ1) is 12.5. The molecule has 1 aliphatic carbocycles. The zero-order valence-electron chi connectivity index (χ0n) is 10.2. The van der Waals surface area contributed by atoms with Gasteiger partial charge in [-0.05, 0) is 36.6 Å². The van der Waals surface area contributed by atoms with Crippen LogP contribution in [-0.2, 0) is 6.54 Å². The second-order valence-electron chi connectivity index (χ2n) is 4.66. The molecule has 19 heavy (non-hydrogen) atoms. The van der Waals surface area contributed by atoms with Crippen molar-refractivity contribution in [1.82, 2.24) is 9.97 Å². The minimum absolute atomic E-state index is 0.242. The second-order valence-corrected chi connectivity index (χ2v) is 5.52. The lowest BCUT2D eigenvalue weighted by Crippen LogP contribution is -2.04. The number of hydrogen-bond acceptors (Lipinski definition) is 3. The number of benzene rings is 1. The van der Waals surface area contributed by atoms with Gasteiger partial charge in [0.25, 0.3) is 0 Å². The number of nitrogens with one attached hydrogen (secondary N) is 1. The van der Waals surface area contributed by atoms with E-state index in [2.05, 4.69) is 31.2 Å². The average Bonchev–Trinajstić information content (AvgIpc) is 3.22. The van der Waals surface area contributed by atoms with E-state index in [0.29, 0.717) is 12.5 Å². The molecule has 0 radical (unpaired) electrons. The lowest BCUT2D eigenvalue weighted by molar-refractivity contribution is 0.626. The Bertz CT molecular complexity index is 599. The van der Waals surface area contributed by atoms with Crippen LogP contribution in [0, 0.1) is 5.82 Å². The zero-order chi connectivity index (χ0) is 13.2. The van der Waals surface area contributed by atoms with E-state index in [1.165, 1.54) is 25.0 Å². The van der Waals surface area contributed by atoms with Gasteiger partial charge in [-0.1, -0.05) is 22.0 Å². The smallest absolute Gasteiger partial charge is 0.133 e. The van der Waals surface area contributed by atoms with Crippen LogP contribution in [0.25, 0.3) is 0 Å². The van der Waals surface area contributed by atoms with Gasteiger partial charge in [-0.3, -0.25) is 0 Å². The fourth-order valence-corrected chi connectivity index (χ4v) is 2.35. The highest BCUT2D eigenvalue weighted by atomic mass is 79.9. The van der Waals surface area contributed by atoms with E-state index in [4.69, 9.17) is 0 Å². The van der Waals surface area contributed by atoms with Gasteiger partial charge >= 0.3 is 0 Å². The number of anilines is 1. The molecule has 3 nitrogen and oxygen atoms in total. The first-order chi connectivity index (χ1) is 9.22. The lowest BCUT2D eigenvalue weighted by atomic mass is 10.2. The molecule has 0 unspecified atom stereocenters. The fourth-order valence-electron chi connectivity index (χ4n) is 1.86. The van der Waals surface area contributed by atoms with Crippen LogP contribution in [-0.4, -0.2) is 9.97 Å². The Labute approximate surface area is 119 Å². The Morgan fingerprint density at radius 1 is 1.32 bits per heavy atom. The van der Waals surface area contributed by atoms with E-state index in [1.807, 2.05) is 6.07 Å². The highest BCUT2D eigenvalue weighted by molar-refractivity contribution is 9.10. The number of rotatable bonds is 4. The van der Waals surface area contributed by atoms with Gasteiger partial charge in [0, 0.05) is 23.1 Å². The number of nitrogens with zero attached hydrogens (tertiary/aromatic N) is 2. The summed E-state index contributed by atoms with van der Waals surface area (Å²) in [4.78, 5) is 8.76. The maximum absolute atomic E-state index is 13.0. The normalized spacial score (nSPS) is 14.4. The number of aromatic nitrogens is 2. The van der Waals surface area contributed by atoms with Crippen molar-refractivity contribution < 1.29 is 4.39 Å². The Morgan fingerprint density at radius 3 is 2.89 bits per heavy atom. The van der Waals surface area contributed by atoms with Crippen LogP contribution >= 0.6 is 15.9 Å². The molecule has 1 saturated carbocycles. The molecule has 98 valence electrons. The first-order valence-electron chi connectivity index (χ1n) is 6.23. The molecule has 1 aromatic carbocycles. The van der Waals surface area contributed by atoms with Crippen molar-refractivity contribution in [2.45, 2.75) is 25.3 Å². The van der Waals surface area contributed by atoms with E-state index in [0.717, 1.165) is 21.7 Å². The summed E-state index contributed by atoms with van der Waals surface area (Å²) in [5.74, 6) is 2.03. The van der Waals surface area contributed by atoms with Gasteiger partial charge in [-0.15, -0.1) is 0 Å². The molecule has 3 rings (SSSR count). The molecule has 1 N–H and O–H groups in total. The quantitative estimate of drug-likeness (QED) is 0.929. The predicted octanol–water partition coefficient (Wildman–Crippen LogP) is 3.87. The van der Waals surface area contributed by atoms with Crippen LogP contribution in [0.5, 0.6) is 0 Å². The Hall–Kier alpha value is -1.49. The average molecular weight is 322 g/mol. The summed E-state index contributed by atoms with van der Waals surface area (Å²) < 4.78 is 13.7. The third-order valence-electron chi connectivity index (χ3n) is 3.09. The summed E-state index contributed by atoms with van der Waals surface area (Å²) in [6.07, 6.45) is 4.16. The van der Waals surface area contributed by atoms with Crippen LogP contribution in [0.1, 0.15) is 30.1 Å². The van der Waals surface area contributed by atoms with Crippen molar-refractivity contribution in [3.05, 3.63) is 52.1 Å². The first-order valence-corrected chi connectivity index (χ1v) is 7.02. The lowest BCUT2D eigenvalue weighted by Gasteiger charge is -2.08. The molecule has 0 bridgehead atoms. The summed E-state index contributed by atoms with van der Waals surface area (Å²) in [6, 6.07) is 6.53. The molecule has 1 aliphatic rings. The van der Waals surface area contributed by atoms with Crippen molar-refractivity contribution in [3.8, 4) is 0 Å². The standard InChI is InChI=1S/C14H13BrFN3/c15-12-7-11(16)4-3-10(12)8-18-13-5-6-17-14(19-13)9-1-2-9/h3-7,9H,1-2,8H2,(H,17,18,19). The molecule has 0 spiro atoms. The van der Waals surface area contributed by atoms with Crippen LogP contribution in [0.2, 0.25) is 0 Å². The summed E-state index contributed by atoms with van der Waals surface area (Å²) >= 11 is 3.36. The zero-order valence-corrected chi connectivity index (χ0v) is 11.8. The maximum atomic E-state index is 13.0. The number of halogens is 2. The Morgan fingerprint density at radius 2 is 2.16 bits per heavy atom. The minimum atomic E-state index is -0.242. The molecular weight excluding hydrogens is 309 g/mol. The molecule has 2 aromatic rings. The van der Waals surface area contributed by atoms with E-state index >= 15 is 0 Å². The summed E-state index contributed by atoms with van der Waals surface area (Å²) in [5, 5.41) is 3.24. The van der Waals surface area contributed by atoms with Crippen molar-refractivity contribution in [1.29, 1.82) is 0 Å².